The van der Waals surface area contributed by atoms with Crippen LogP contribution in [0.25, 0.3) is 0 Å². The van der Waals surface area contributed by atoms with Crippen molar-refractivity contribution in [2.45, 2.75) is 70.6 Å². The number of hydrogen-bond donors (Lipinski definition) is 3. The number of nitrogens with one attached hydrogen (secondary N) is 3. The van der Waals surface area contributed by atoms with Crippen LogP contribution in [0.3, 0.4) is 0 Å². The molecule has 0 radical (unpaired) electrons. The Morgan fingerprint density at radius 1 is 1.07 bits per heavy atom. The highest BCUT2D eigenvalue weighted by molar-refractivity contribution is 5.93. The number of para-hydroxylation sites is 1. The molecule has 0 bridgehead atoms. The molecule has 162 valence electrons. The molecule has 8 heteroatoms. The molecule has 0 unspecified atom stereocenters. The molecule has 1 saturated carbocycles. The van der Waals surface area contributed by atoms with Crippen LogP contribution in [-0.2, 0) is 14.3 Å². The molecule has 30 heavy (non-hydrogen) atoms. The molecule has 0 aliphatic heterocycles. The fourth-order valence-electron chi connectivity index (χ4n) is 3.39. The minimum atomic E-state index is -1.08. The summed E-state index contributed by atoms with van der Waals surface area (Å²) in [5.74, 6) is -1.47. The van der Waals surface area contributed by atoms with Crippen molar-refractivity contribution in [3.63, 3.8) is 0 Å². The van der Waals surface area contributed by atoms with Crippen LogP contribution >= 0.6 is 0 Å². The van der Waals surface area contributed by atoms with Crippen LogP contribution in [0.15, 0.2) is 30.3 Å². The number of nitrogens with zero attached hydrogens (tertiary/aromatic N) is 1. The van der Waals surface area contributed by atoms with Crippen molar-refractivity contribution >= 4 is 23.6 Å². The molecule has 8 nitrogen and oxygen atoms in total. The number of carbonyl (C=O) groups is 3. The lowest BCUT2D eigenvalue weighted by Gasteiger charge is -2.32. The lowest BCUT2D eigenvalue weighted by Crippen LogP contribution is -2.53. The van der Waals surface area contributed by atoms with E-state index in [2.05, 4.69) is 22.0 Å². The first-order valence-electron chi connectivity index (χ1n) is 10.3. The van der Waals surface area contributed by atoms with E-state index in [1.165, 1.54) is 6.92 Å². The van der Waals surface area contributed by atoms with E-state index in [4.69, 9.17) is 4.74 Å². The Hall–Kier alpha value is -3.08. The van der Waals surface area contributed by atoms with E-state index >= 15 is 0 Å². The molecule has 2 rings (SSSR count). The highest BCUT2D eigenvalue weighted by atomic mass is 16.5. The summed E-state index contributed by atoms with van der Waals surface area (Å²) in [5.41, 5.74) is -0.311. The minimum Gasteiger partial charge on any atom is -0.451 e. The summed E-state index contributed by atoms with van der Waals surface area (Å²) in [6, 6.07) is 9.59. The molecule has 1 fully saturated rings. The third-order valence-electron chi connectivity index (χ3n) is 5.18. The van der Waals surface area contributed by atoms with Crippen molar-refractivity contribution in [3.8, 4) is 6.07 Å². The Labute approximate surface area is 177 Å². The minimum absolute atomic E-state index is 0.252. The van der Waals surface area contributed by atoms with Gasteiger partial charge in [0.1, 0.15) is 11.6 Å². The first-order valence-corrected chi connectivity index (χ1v) is 10.3. The molecule has 2 atom stereocenters. The summed E-state index contributed by atoms with van der Waals surface area (Å²) in [4.78, 5) is 37.4. The number of anilines is 1. The Morgan fingerprint density at radius 2 is 1.70 bits per heavy atom. The Kier molecular flexibility index (Phi) is 8.22. The molecule has 1 aromatic carbocycles. The molecule has 1 aliphatic carbocycles. The molecule has 3 N–H and O–H groups in total. The van der Waals surface area contributed by atoms with Gasteiger partial charge >= 0.3 is 12.0 Å². The molecule has 1 aliphatic rings. The number of urea groups is 1. The standard InChI is InChI=1S/C22H30N4O4/c1-15(2)18(25-21(29)24-17-10-6-4-7-11-17)20(28)30-16(3)19(27)26-22(14-23)12-8-5-9-13-22/h4,6-7,10-11,15-16,18H,5,8-9,12-13H2,1-3H3,(H,26,27)(H2,24,25,29)/t16-,18-/m1/s1. The van der Waals surface area contributed by atoms with Gasteiger partial charge in [-0.05, 0) is 37.8 Å². The summed E-state index contributed by atoms with van der Waals surface area (Å²) in [7, 11) is 0. The monoisotopic (exact) mass is 414 g/mol. The molecule has 1 aromatic rings. The van der Waals surface area contributed by atoms with E-state index in [-0.39, 0.29) is 5.92 Å². The van der Waals surface area contributed by atoms with Gasteiger partial charge in [0.15, 0.2) is 6.10 Å². The number of esters is 1. The van der Waals surface area contributed by atoms with Crippen LogP contribution in [0.1, 0.15) is 52.9 Å². The fraction of sp³-hybridized carbons (Fsp3) is 0.545. The third-order valence-corrected chi connectivity index (χ3v) is 5.18. The van der Waals surface area contributed by atoms with E-state index < -0.39 is 35.6 Å². The fourth-order valence-corrected chi connectivity index (χ4v) is 3.39. The van der Waals surface area contributed by atoms with Crippen LogP contribution in [0, 0.1) is 17.2 Å². The Morgan fingerprint density at radius 3 is 2.27 bits per heavy atom. The number of benzene rings is 1. The summed E-state index contributed by atoms with van der Waals surface area (Å²) < 4.78 is 5.31. The van der Waals surface area contributed by atoms with Gasteiger partial charge in [-0.1, -0.05) is 51.3 Å². The number of carbonyl (C=O) groups excluding carboxylic acids is 3. The van der Waals surface area contributed by atoms with Gasteiger partial charge in [0.2, 0.25) is 0 Å². The van der Waals surface area contributed by atoms with Crippen molar-refractivity contribution in [3.05, 3.63) is 30.3 Å². The maximum absolute atomic E-state index is 12.6. The molecule has 0 aromatic heterocycles. The lowest BCUT2D eigenvalue weighted by molar-refractivity contribution is -0.158. The van der Waals surface area contributed by atoms with Gasteiger partial charge in [0.25, 0.3) is 5.91 Å². The molecule has 0 heterocycles. The van der Waals surface area contributed by atoms with E-state index in [0.717, 1.165) is 19.3 Å². The zero-order valence-corrected chi connectivity index (χ0v) is 17.7. The number of hydrogen-bond acceptors (Lipinski definition) is 5. The largest absolute Gasteiger partial charge is 0.451 e. The second-order valence-corrected chi connectivity index (χ2v) is 8.01. The summed E-state index contributed by atoms with van der Waals surface area (Å²) in [6.45, 7) is 5.00. The van der Waals surface area contributed by atoms with Crippen molar-refractivity contribution < 1.29 is 19.1 Å². The molecule has 3 amide bonds. The summed E-state index contributed by atoms with van der Waals surface area (Å²) >= 11 is 0. The quantitative estimate of drug-likeness (QED) is 0.592. The zero-order chi connectivity index (χ0) is 22.1. The highest BCUT2D eigenvalue weighted by Gasteiger charge is 2.36. The van der Waals surface area contributed by atoms with Crippen LogP contribution < -0.4 is 16.0 Å². The van der Waals surface area contributed by atoms with Crippen LogP contribution in [0.5, 0.6) is 0 Å². The number of ether oxygens (including phenoxy) is 1. The average molecular weight is 415 g/mol. The van der Waals surface area contributed by atoms with Crippen molar-refractivity contribution in [2.24, 2.45) is 5.92 Å². The highest BCUT2D eigenvalue weighted by Crippen LogP contribution is 2.27. The van der Waals surface area contributed by atoms with Gasteiger partial charge in [-0.15, -0.1) is 0 Å². The van der Waals surface area contributed by atoms with Gasteiger partial charge in [-0.3, -0.25) is 4.79 Å². The van der Waals surface area contributed by atoms with Gasteiger partial charge < -0.3 is 20.7 Å². The van der Waals surface area contributed by atoms with Crippen molar-refractivity contribution in [2.75, 3.05) is 5.32 Å². The maximum Gasteiger partial charge on any atom is 0.329 e. The number of nitriles is 1. The SMILES string of the molecule is CC(C)[C@@H](NC(=O)Nc1ccccc1)C(=O)O[C@H](C)C(=O)NC1(C#N)CCCCC1. The van der Waals surface area contributed by atoms with Crippen molar-refractivity contribution in [1.29, 1.82) is 5.26 Å². The zero-order valence-electron chi connectivity index (χ0n) is 17.7. The van der Waals surface area contributed by atoms with E-state index in [1.807, 2.05) is 6.07 Å². The second kappa shape index (κ2) is 10.6. The number of rotatable bonds is 7. The van der Waals surface area contributed by atoms with Gasteiger partial charge in [0, 0.05) is 5.69 Å². The molecule has 0 spiro atoms. The van der Waals surface area contributed by atoms with E-state index in [0.29, 0.717) is 18.5 Å². The van der Waals surface area contributed by atoms with Crippen LogP contribution in [0.2, 0.25) is 0 Å². The van der Waals surface area contributed by atoms with Crippen molar-refractivity contribution in [1.82, 2.24) is 10.6 Å². The van der Waals surface area contributed by atoms with Crippen LogP contribution in [-0.4, -0.2) is 35.6 Å². The normalized spacial score (nSPS) is 17.2. The van der Waals surface area contributed by atoms with E-state index in [1.54, 1.807) is 38.1 Å². The third kappa shape index (κ3) is 6.48. The molecule has 0 saturated heterocycles. The van der Waals surface area contributed by atoms with Gasteiger partial charge in [0.05, 0.1) is 6.07 Å². The first kappa shape index (κ1) is 23.2. The Balaban J connectivity index is 1.93. The average Bonchev–Trinajstić information content (AvgIpc) is 2.73. The van der Waals surface area contributed by atoms with Gasteiger partial charge in [-0.2, -0.15) is 5.26 Å². The second-order valence-electron chi connectivity index (χ2n) is 8.01. The maximum atomic E-state index is 12.6. The van der Waals surface area contributed by atoms with Crippen LogP contribution in [0.4, 0.5) is 10.5 Å². The predicted molar refractivity (Wildman–Crippen MR) is 112 cm³/mol. The summed E-state index contributed by atoms with van der Waals surface area (Å²) in [5, 5.41) is 17.5. The molecular weight excluding hydrogens is 384 g/mol. The topological polar surface area (TPSA) is 120 Å². The lowest BCUT2D eigenvalue weighted by atomic mass is 9.83. The molecular formula is C22H30N4O4. The van der Waals surface area contributed by atoms with Gasteiger partial charge in [-0.25, -0.2) is 9.59 Å². The Bertz CT molecular complexity index is 782. The summed E-state index contributed by atoms with van der Waals surface area (Å²) in [6.07, 6.45) is 2.88. The number of amides is 3. The smallest absolute Gasteiger partial charge is 0.329 e. The predicted octanol–water partition coefficient (Wildman–Crippen LogP) is 3.11. The van der Waals surface area contributed by atoms with E-state index in [9.17, 15) is 19.6 Å². The first-order chi connectivity index (χ1) is 14.3.